The van der Waals surface area contributed by atoms with Crippen LogP contribution in [0.2, 0.25) is 0 Å². The molecule has 0 radical (unpaired) electrons. The summed E-state index contributed by atoms with van der Waals surface area (Å²) in [6.45, 7) is 1.73. The van der Waals surface area contributed by atoms with Crippen LogP contribution in [0.15, 0.2) is 98.8 Å². The van der Waals surface area contributed by atoms with Gasteiger partial charge in [0, 0.05) is 10.9 Å². The first-order chi connectivity index (χ1) is 19.0. The van der Waals surface area contributed by atoms with Gasteiger partial charge >= 0.3 is 0 Å². The number of benzene rings is 3. The molecule has 3 aliphatic rings. The van der Waals surface area contributed by atoms with E-state index in [9.17, 15) is 14.4 Å². The van der Waals surface area contributed by atoms with Crippen LogP contribution in [-0.4, -0.2) is 52.1 Å². The minimum absolute atomic E-state index is 0.229. The predicted octanol–water partition coefficient (Wildman–Crippen LogP) is 4.68. The van der Waals surface area contributed by atoms with Crippen molar-refractivity contribution >= 4 is 45.1 Å². The number of imide groups is 1. The Hall–Kier alpha value is -4.18. The Bertz CT molecular complexity index is 1510. The van der Waals surface area contributed by atoms with Gasteiger partial charge in [-0.05, 0) is 41.3 Å². The van der Waals surface area contributed by atoms with E-state index in [0.717, 1.165) is 26.9 Å². The Labute approximate surface area is 233 Å². The predicted molar refractivity (Wildman–Crippen MR) is 149 cm³/mol. The second kappa shape index (κ2) is 10.2. The minimum Gasteiger partial charge on any atom is -0.271 e. The molecule has 1 saturated heterocycles. The molecule has 39 heavy (non-hydrogen) atoms. The van der Waals surface area contributed by atoms with Crippen LogP contribution in [0.25, 0.3) is 0 Å². The molecular formula is C29H25BrN6O3. The summed E-state index contributed by atoms with van der Waals surface area (Å²) in [5.74, 6) is -1.20. The molecular weight excluding hydrogens is 560 g/mol. The molecule has 0 aliphatic carbocycles. The molecule has 196 valence electrons. The van der Waals surface area contributed by atoms with Crippen molar-refractivity contribution in [3.05, 3.63) is 100 Å². The molecule has 3 atom stereocenters. The number of halogens is 1. The van der Waals surface area contributed by atoms with E-state index in [1.807, 2.05) is 73.7 Å². The number of aryl methyl sites for hydroxylation is 1. The number of anilines is 1. The van der Waals surface area contributed by atoms with Crippen molar-refractivity contribution in [1.29, 1.82) is 0 Å². The highest BCUT2D eigenvalue weighted by Crippen LogP contribution is 2.36. The highest BCUT2D eigenvalue weighted by Gasteiger charge is 2.55. The van der Waals surface area contributed by atoms with Crippen molar-refractivity contribution < 1.29 is 14.4 Å². The third kappa shape index (κ3) is 4.44. The van der Waals surface area contributed by atoms with Gasteiger partial charge < -0.3 is 0 Å². The molecule has 3 aromatic carbocycles. The van der Waals surface area contributed by atoms with Crippen LogP contribution in [0.3, 0.4) is 0 Å². The van der Waals surface area contributed by atoms with E-state index in [1.165, 1.54) is 14.9 Å². The lowest BCUT2D eigenvalue weighted by Crippen LogP contribution is -2.44. The highest BCUT2D eigenvalue weighted by atomic mass is 79.9. The van der Waals surface area contributed by atoms with Crippen molar-refractivity contribution in [3.8, 4) is 0 Å². The Morgan fingerprint density at radius 3 is 2.41 bits per heavy atom. The van der Waals surface area contributed by atoms with Crippen LogP contribution >= 0.6 is 15.9 Å². The van der Waals surface area contributed by atoms with Crippen molar-refractivity contribution in [1.82, 2.24) is 10.0 Å². The zero-order valence-corrected chi connectivity index (χ0v) is 22.7. The lowest BCUT2D eigenvalue weighted by molar-refractivity contribution is -0.135. The van der Waals surface area contributed by atoms with E-state index in [4.69, 9.17) is 5.10 Å². The fourth-order valence-corrected chi connectivity index (χ4v) is 5.75. The van der Waals surface area contributed by atoms with E-state index in [1.54, 1.807) is 12.1 Å². The first-order valence-electron chi connectivity index (χ1n) is 12.8. The summed E-state index contributed by atoms with van der Waals surface area (Å²) in [6.07, 6.45) is 1.20. The maximum absolute atomic E-state index is 13.7. The van der Waals surface area contributed by atoms with Crippen LogP contribution in [0.1, 0.15) is 36.1 Å². The molecule has 9 nitrogen and oxygen atoms in total. The number of hydrazone groups is 1. The average Bonchev–Trinajstić information content (AvgIpc) is 3.65. The molecule has 0 saturated carbocycles. The minimum atomic E-state index is -0.981. The number of carbonyl (C=O) groups is 3. The molecule has 3 aromatic rings. The molecule has 3 heterocycles. The van der Waals surface area contributed by atoms with E-state index in [2.05, 4.69) is 26.3 Å². The van der Waals surface area contributed by atoms with Crippen LogP contribution < -0.4 is 4.90 Å². The topological polar surface area (TPSA) is 98.0 Å². The van der Waals surface area contributed by atoms with Gasteiger partial charge in [0.1, 0.15) is 6.54 Å². The summed E-state index contributed by atoms with van der Waals surface area (Å²) in [4.78, 5) is 41.7. The third-order valence-corrected chi connectivity index (χ3v) is 7.77. The summed E-state index contributed by atoms with van der Waals surface area (Å²) >= 11 is 3.45. The number of carbonyl (C=O) groups excluding carboxylic acids is 3. The summed E-state index contributed by atoms with van der Waals surface area (Å²) in [5.41, 5.74) is 4.10. The summed E-state index contributed by atoms with van der Waals surface area (Å²) in [6, 6.07) is 22.7. The van der Waals surface area contributed by atoms with Gasteiger partial charge in [-0.25, -0.2) is 9.91 Å². The average molecular weight is 585 g/mol. The fraction of sp³-hybridized carbons (Fsp3) is 0.241. The van der Waals surface area contributed by atoms with Crippen LogP contribution in [-0.2, 0) is 20.8 Å². The smallest absolute Gasteiger partial charge is 0.264 e. The fourth-order valence-electron chi connectivity index (χ4n) is 5.34. The Balaban J connectivity index is 1.26. The van der Waals surface area contributed by atoms with Crippen LogP contribution in [0.4, 0.5) is 5.69 Å². The Morgan fingerprint density at radius 1 is 0.974 bits per heavy atom. The molecule has 0 N–H and O–H groups in total. The second-order valence-corrected chi connectivity index (χ2v) is 10.5. The van der Waals surface area contributed by atoms with Gasteiger partial charge in [0.15, 0.2) is 12.1 Å². The quantitative estimate of drug-likeness (QED) is 0.393. The van der Waals surface area contributed by atoms with Crippen molar-refractivity contribution in [2.75, 3.05) is 11.4 Å². The number of rotatable bonds is 6. The largest absolute Gasteiger partial charge is 0.271 e. The molecule has 0 aromatic heterocycles. The maximum atomic E-state index is 13.7. The van der Waals surface area contributed by atoms with Crippen LogP contribution in [0.5, 0.6) is 0 Å². The zero-order chi connectivity index (χ0) is 27.1. The van der Waals surface area contributed by atoms with Crippen molar-refractivity contribution in [3.63, 3.8) is 0 Å². The molecule has 3 amide bonds. The van der Waals surface area contributed by atoms with E-state index in [0.29, 0.717) is 18.5 Å². The monoisotopic (exact) mass is 584 g/mol. The SMILES string of the molecule is CCc1cc(Br)ccc1N1C(=O)[C@@H]2N=NN(CC(=O)N3N=C(c4ccccc4)C[C@@H]3c3ccccc3)[C@H]2C1=O. The lowest BCUT2D eigenvalue weighted by Gasteiger charge is -2.25. The first kappa shape index (κ1) is 25.1. The van der Waals surface area contributed by atoms with Gasteiger partial charge in [-0.1, -0.05) is 88.7 Å². The van der Waals surface area contributed by atoms with Gasteiger partial charge in [0.2, 0.25) is 0 Å². The number of hydrogen-bond donors (Lipinski definition) is 0. The molecule has 3 aliphatic heterocycles. The van der Waals surface area contributed by atoms with Gasteiger partial charge in [0.05, 0.1) is 17.4 Å². The maximum Gasteiger partial charge on any atom is 0.264 e. The molecule has 0 spiro atoms. The molecule has 0 bridgehead atoms. The summed E-state index contributed by atoms with van der Waals surface area (Å²) < 4.78 is 0.864. The summed E-state index contributed by atoms with van der Waals surface area (Å²) in [7, 11) is 0. The van der Waals surface area contributed by atoms with Gasteiger partial charge in [0.25, 0.3) is 17.7 Å². The lowest BCUT2D eigenvalue weighted by atomic mass is 9.98. The van der Waals surface area contributed by atoms with E-state index >= 15 is 0 Å². The van der Waals surface area contributed by atoms with E-state index < -0.39 is 23.9 Å². The van der Waals surface area contributed by atoms with Crippen molar-refractivity contribution in [2.45, 2.75) is 37.9 Å². The normalized spacial score (nSPS) is 22.1. The molecule has 6 rings (SSSR count). The van der Waals surface area contributed by atoms with Crippen molar-refractivity contribution in [2.24, 2.45) is 15.4 Å². The van der Waals surface area contributed by atoms with Gasteiger partial charge in [-0.2, -0.15) is 10.2 Å². The van der Waals surface area contributed by atoms with E-state index in [-0.39, 0.29) is 18.5 Å². The van der Waals surface area contributed by atoms with Gasteiger partial charge in [-0.15, -0.1) is 0 Å². The number of hydrogen-bond acceptors (Lipinski definition) is 7. The number of amides is 3. The van der Waals surface area contributed by atoms with Crippen LogP contribution in [0, 0.1) is 0 Å². The third-order valence-electron chi connectivity index (χ3n) is 7.28. The Morgan fingerprint density at radius 2 is 1.69 bits per heavy atom. The Kier molecular flexibility index (Phi) is 6.56. The molecule has 1 fully saturated rings. The molecule has 0 unspecified atom stereocenters. The molecule has 10 heteroatoms. The standard InChI is InChI=1S/C29H25BrN6O3/c1-2-18-15-21(30)13-14-23(18)35-28(38)26-27(29(35)39)34(33-31-26)17-25(37)36-24(20-11-7-4-8-12-20)16-22(32-36)19-9-5-3-6-10-19/h3-15,24,26-27H,2,16-17H2,1H3/t24-,26-,27-/m1/s1. The highest BCUT2D eigenvalue weighted by molar-refractivity contribution is 9.10. The van der Waals surface area contributed by atoms with Gasteiger partial charge in [-0.3, -0.25) is 19.4 Å². The zero-order valence-electron chi connectivity index (χ0n) is 21.1. The number of fused-ring (bicyclic) bond motifs is 1. The summed E-state index contributed by atoms with van der Waals surface area (Å²) in [5, 5.41) is 15.7. The number of nitrogens with zero attached hydrogens (tertiary/aromatic N) is 6. The first-order valence-corrected chi connectivity index (χ1v) is 13.6. The second-order valence-electron chi connectivity index (χ2n) is 9.61.